The summed E-state index contributed by atoms with van der Waals surface area (Å²) < 4.78 is 0. The van der Waals surface area contributed by atoms with Crippen LogP contribution in [0.1, 0.15) is 75.7 Å². The van der Waals surface area contributed by atoms with Gasteiger partial charge in [-0.15, -0.1) is 0 Å². The maximum absolute atomic E-state index is 2.26. The van der Waals surface area contributed by atoms with Gasteiger partial charge in [0.2, 0.25) is 0 Å². The zero-order chi connectivity index (χ0) is 11.7. The highest BCUT2D eigenvalue weighted by Gasteiger charge is 1.96. The molecule has 0 aliphatic heterocycles. The van der Waals surface area contributed by atoms with Gasteiger partial charge in [0.15, 0.2) is 0 Å². The Morgan fingerprint density at radius 2 is 0.600 bits per heavy atom. The summed E-state index contributed by atoms with van der Waals surface area (Å²) in [7, 11) is 0. The van der Waals surface area contributed by atoms with Gasteiger partial charge in [0.1, 0.15) is 0 Å². The molecule has 0 unspecified atom stereocenters. The van der Waals surface area contributed by atoms with Crippen LogP contribution in [0.3, 0.4) is 0 Å². The Kier molecular flexibility index (Phi) is 16.4. The molecule has 0 N–H and O–H groups in total. The summed E-state index contributed by atoms with van der Waals surface area (Å²) in [4.78, 5) is 0. The molecule has 0 heteroatoms. The predicted molar refractivity (Wildman–Crippen MR) is 75.3 cm³/mol. The third-order valence-electron chi connectivity index (χ3n) is 1.89. The van der Waals surface area contributed by atoms with Crippen molar-refractivity contribution in [2.45, 2.75) is 75.7 Å². The lowest BCUT2D eigenvalue weighted by atomic mass is 10.0. The summed E-state index contributed by atoms with van der Waals surface area (Å²) >= 11 is 0. The molecule has 0 atom stereocenters. The normalized spacial score (nSPS) is 10.4. The second-order valence-corrected chi connectivity index (χ2v) is 6.05. The van der Waals surface area contributed by atoms with Gasteiger partial charge in [-0.3, -0.25) is 0 Å². The van der Waals surface area contributed by atoms with Gasteiger partial charge >= 0.3 is 0 Å². The topological polar surface area (TPSA) is 0 Å². The van der Waals surface area contributed by atoms with Gasteiger partial charge < -0.3 is 0 Å². The van der Waals surface area contributed by atoms with Gasteiger partial charge in [-0.25, -0.2) is 0 Å². The Labute approximate surface area is 99.9 Å². The van der Waals surface area contributed by atoms with E-state index in [4.69, 9.17) is 0 Å². The summed E-state index contributed by atoms with van der Waals surface area (Å²) in [6.07, 6.45) is 2.72. The van der Waals surface area contributed by atoms with Crippen LogP contribution in [-0.2, 0) is 0 Å². The summed E-state index contributed by atoms with van der Waals surface area (Å²) in [5.74, 6) is 3.50. The average Bonchev–Trinajstić information content (AvgIpc) is 1.79. The van der Waals surface area contributed by atoms with Crippen LogP contribution in [0, 0.1) is 23.7 Å². The first-order valence-corrected chi connectivity index (χ1v) is 6.25. The molecule has 0 bridgehead atoms. The van der Waals surface area contributed by atoms with E-state index in [2.05, 4.69) is 55.4 Å². The van der Waals surface area contributed by atoms with E-state index in [1.165, 1.54) is 12.8 Å². The van der Waals surface area contributed by atoms with Crippen molar-refractivity contribution in [3.63, 3.8) is 0 Å². The van der Waals surface area contributed by atoms with E-state index >= 15 is 0 Å². The van der Waals surface area contributed by atoms with E-state index < -0.39 is 0 Å². The van der Waals surface area contributed by atoms with Gasteiger partial charge in [-0.1, -0.05) is 62.8 Å². The van der Waals surface area contributed by atoms with E-state index in [1.807, 2.05) is 0 Å². The standard InChI is InChI=1S/2C7H16.CH4/c2*1-6(2)5-7(3)4;/h2*6-7H,5H2,1-4H3;1H4. The minimum Gasteiger partial charge on any atom is -0.0776 e. The van der Waals surface area contributed by atoms with Crippen LogP contribution in [-0.4, -0.2) is 0 Å². The van der Waals surface area contributed by atoms with Crippen molar-refractivity contribution in [1.82, 2.24) is 0 Å². The second kappa shape index (κ2) is 12.1. The molecule has 0 aromatic heterocycles. The predicted octanol–water partition coefficient (Wildman–Crippen LogP) is 6.01. The third kappa shape index (κ3) is 31.5. The lowest BCUT2D eigenvalue weighted by molar-refractivity contribution is 0.469. The molecule has 0 rings (SSSR count). The fourth-order valence-corrected chi connectivity index (χ4v) is 1.89. The Morgan fingerprint density at radius 3 is 0.600 bits per heavy atom. The minimum absolute atomic E-state index is 0. The molecule has 0 aromatic rings. The molecular formula is C15H36. The molecular weight excluding hydrogens is 180 g/mol. The Hall–Kier alpha value is 0. The Bertz CT molecular complexity index is 72.6. The molecule has 15 heavy (non-hydrogen) atoms. The molecule has 0 nitrogen and oxygen atoms in total. The SMILES string of the molecule is C.CC(C)CC(C)C.CC(C)CC(C)C. The van der Waals surface area contributed by atoms with Gasteiger partial charge in [-0.2, -0.15) is 0 Å². The van der Waals surface area contributed by atoms with E-state index in [-0.39, 0.29) is 7.43 Å². The van der Waals surface area contributed by atoms with Crippen LogP contribution in [0.2, 0.25) is 0 Å². The Morgan fingerprint density at radius 1 is 0.467 bits per heavy atom. The first-order chi connectivity index (χ1) is 6.25. The summed E-state index contributed by atoms with van der Waals surface area (Å²) in [5.41, 5.74) is 0. The highest BCUT2D eigenvalue weighted by molar-refractivity contribution is 4.48. The van der Waals surface area contributed by atoms with Gasteiger partial charge in [0.05, 0.1) is 0 Å². The molecule has 0 radical (unpaired) electrons. The van der Waals surface area contributed by atoms with E-state index in [0.717, 1.165) is 23.7 Å². The first kappa shape index (κ1) is 20.4. The molecule has 0 aliphatic rings. The molecule has 0 aliphatic carbocycles. The Balaban J connectivity index is -0.000000180. The molecule has 0 saturated heterocycles. The van der Waals surface area contributed by atoms with E-state index in [0.29, 0.717) is 0 Å². The summed E-state index contributed by atoms with van der Waals surface area (Å²) in [6, 6.07) is 0. The van der Waals surface area contributed by atoms with Crippen molar-refractivity contribution in [3.8, 4) is 0 Å². The number of rotatable bonds is 4. The monoisotopic (exact) mass is 216 g/mol. The molecule has 0 heterocycles. The van der Waals surface area contributed by atoms with Crippen molar-refractivity contribution < 1.29 is 0 Å². The zero-order valence-electron chi connectivity index (χ0n) is 11.7. The maximum Gasteiger partial charge on any atom is -0.0469 e. The maximum atomic E-state index is 2.26. The van der Waals surface area contributed by atoms with Crippen LogP contribution in [0.15, 0.2) is 0 Å². The van der Waals surface area contributed by atoms with Crippen LogP contribution in [0.4, 0.5) is 0 Å². The second-order valence-electron chi connectivity index (χ2n) is 6.05. The smallest absolute Gasteiger partial charge is 0.0469 e. The minimum atomic E-state index is 0. The van der Waals surface area contributed by atoms with Crippen molar-refractivity contribution in [1.29, 1.82) is 0 Å². The van der Waals surface area contributed by atoms with E-state index in [1.54, 1.807) is 0 Å². The van der Waals surface area contributed by atoms with Gasteiger partial charge in [-0.05, 0) is 36.5 Å². The average molecular weight is 216 g/mol. The van der Waals surface area contributed by atoms with Crippen LogP contribution in [0.5, 0.6) is 0 Å². The molecule has 0 spiro atoms. The summed E-state index contributed by atoms with van der Waals surface area (Å²) in [5, 5.41) is 0. The number of hydrogen-bond donors (Lipinski definition) is 0. The summed E-state index contributed by atoms with van der Waals surface area (Å²) in [6.45, 7) is 18.1. The van der Waals surface area contributed by atoms with Crippen molar-refractivity contribution in [2.24, 2.45) is 23.7 Å². The molecule has 0 fully saturated rings. The molecule has 0 aromatic carbocycles. The lowest BCUT2D eigenvalue weighted by Gasteiger charge is -2.05. The van der Waals surface area contributed by atoms with Crippen molar-refractivity contribution >= 4 is 0 Å². The zero-order valence-corrected chi connectivity index (χ0v) is 11.7. The number of hydrogen-bond acceptors (Lipinski definition) is 0. The molecule has 96 valence electrons. The highest BCUT2D eigenvalue weighted by Crippen LogP contribution is 2.08. The fraction of sp³-hybridized carbons (Fsp3) is 1.00. The highest BCUT2D eigenvalue weighted by atomic mass is 14.0. The van der Waals surface area contributed by atoms with E-state index in [9.17, 15) is 0 Å². The first-order valence-electron chi connectivity index (χ1n) is 6.25. The van der Waals surface area contributed by atoms with Gasteiger partial charge in [0, 0.05) is 0 Å². The molecule has 0 amide bonds. The lowest BCUT2D eigenvalue weighted by Crippen LogP contribution is -1.93. The third-order valence-corrected chi connectivity index (χ3v) is 1.89. The molecule has 0 saturated carbocycles. The van der Waals surface area contributed by atoms with Gasteiger partial charge in [0.25, 0.3) is 0 Å². The van der Waals surface area contributed by atoms with Crippen LogP contribution >= 0.6 is 0 Å². The van der Waals surface area contributed by atoms with Crippen LogP contribution < -0.4 is 0 Å². The van der Waals surface area contributed by atoms with Crippen molar-refractivity contribution in [2.75, 3.05) is 0 Å². The van der Waals surface area contributed by atoms with Crippen molar-refractivity contribution in [3.05, 3.63) is 0 Å². The van der Waals surface area contributed by atoms with Crippen LogP contribution in [0.25, 0.3) is 0 Å². The fourth-order valence-electron chi connectivity index (χ4n) is 1.89. The quantitative estimate of drug-likeness (QED) is 0.539. The largest absolute Gasteiger partial charge is 0.0776 e.